The van der Waals surface area contributed by atoms with E-state index in [1.165, 1.54) is 0 Å². The lowest BCUT2D eigenvalue weighted by Gasteiger charge is -2.11. The van der Waals surface area contributed by atoms with Gasteiger partial charge in [0.25, 0.3) is 0 Å². The van der Waals surface area contributed by atoms with Gasteiger partial charge in [-0.05, 0) is 19.8 Å². The van der Waals surface area contributed by atoms with Crippen molar-refractivity contribution in [1.82, 2.24) is 19.5 Å². The zero-order valence-corrected chi connectivity index (χ0v) is 12.4. The number of nitrogens with zero attached hydrogens (tertiary/aromatic N) is 4. The number of hydrogen-bond donors (Lipinski definition) is 0. The summed E-state index contributed by atoms with van der Waals surface area (Å²) >= 11 is 7.80. The molecule has 2 aromatic heterocycles. The van der Waals surface area contributed by atoms with Gasteiger partial charge in [0.2, 0.25) is 0 Å². The second-order valence-electron chi connectivity index (χ2n) is 4.23. The van der Waals surface area contributed by atoms with Crippen LogP contribution in [0.4, 0.5) is 0 Å². The molecule has 1 atom stereocenters. The Bertz CT molecular complexity index is 540. The van der Waals surface area contributed by atoms with Crippen molar-refractivity contribution in [3.8, 4) is 0 Å². The number of halogens is 1. The third-order valence-electron chi connectivity index (χ3n) is 2.86. The standard InChI is InChI=1S/C12H17ClN4S/c1-4-6-18-12-15-10(13)9-11(16-12)17(7-14-9)8(3)5-2/h7-8H,4-6H2,1-3H3. The van der Waals surface area contributed by atoms with Crippen LogP contribution >= 0.6 is 23.4 Å². The fourth-order valence-electron chi connectivity index (χ4n) is 1.64. The summed E-state index contributed by atoms with van der Waals surface area (Å²) in [5.74, 6) is 0.999. The summed E-state index contributed by atoms with van der Waals surface area (Å²) in [6.45, 7) is 6.43. The Hall–Kier alpha value is -0.810. The molecule has 1 unspecified atom stereocenters. The summed E-state index contributed by atoms with van der Waals surface area (Å²) in [6, 6.07) is 0.366. The zero-order valence-electron chi connectivity index (χ0n) is 10.9. The van der Waals surface area contributed by atoms with Gasteiger partial charge in [-0.2, -0.15) is 0 Å². The topological polar surface area (TPSA) is 43.6 Å². The van der Waals surface area contributed by atoms with E-state index < -0.39 is 0 Å². The fraction of sp³-hybridized carbons (Fsp3) is 0.583. The van der Waals surface area contributed by atoms with Crippen molar-refractivity contribution in [3.05, 3.63) is 11.5 Å². The first-order chi connectivity index (χ1) is 8.67. The lowest BCUT2D eigenvalue weighted by atomic mass is 10.2. The van der Waals surface area contributed by atoms with Crippen molar-refractivity contribution in [2.75, 3.05) is 5.75 Å². The van der Waals surface area contributed by atoms with Crippen LogP contribution in [-0.2, 0) is 0 Å². The lowest BCUT2D eigenvalue weighted by Crippen LogP contribution is -2.04. The molecule has 2 aromatic rings. The Morgan fingerprint density at radius 1 is 1.39 bits per heavy atom. The van der Waals surface area contributed by atoms with E-state index in [1.807, 2.05) is 0 Å². The quantitative estimate of drug-likeness (QED) is 0.474. The van der Waals surface area contributed by atoms with Crippen molar-refractivity contribution < 1.29 is 0 Å². The molecular weight excluding hydrogens is 268 g/mol. The van der Waals surface area contributed by atoms with E-state index in [1.54, 1.807) is 18.1 Å². The third-order valence-corrected chi connectivity index (χ3v) is 4.18. The van der Waals surface area contributed by atoms with Crippen molar-refractivity contribution in [2.24, 2.45) is 0 Å². The van der Waals surface area contributed by atoms with Gasteiger partial charge in [-0.1, -0.05) is 37.2 Å². The second kappa shape index (κ2) is 5.89. The van der Waals surface area contributed by atoms with E-state index in [2.05, 4.69) is 40.3 Å². The van der Waals surface area contributed by atoms with Crippen molar-refractivity contribution in [3.63, 3.8) is 0 Å². The number of fused-ring (bicyclic) bond motifs is 1. The molecule has 0 N–H and O–H groups in total. The summed E-state index contributed by atoms with van der Waals surface area (Å²) in [7, 11) is 0. The van der Waals surface area contributed by atoms with E-state index >= 15 is 0 Å². The summed E-state index contributed by atoms with van der Waals surface area (Å²) in [5.41, 5.74) is 1.53. The molecule has 0 saturated heterocycles. The van der Waals surface area contributed by atoms with E-state index in [-0.39, 0.29) is 0 Å². The van der Waals surface area contributed by atoms with Gasteiger partial charge in [0.1, 0.15) is 5.52 Å². The number of hydrogen-bond acceptors (Lipinski definition) is 4. The normalized spacial score (nSPS) is 13.1. The van der Waals surface area contributed by atoms with E-state index in [4.69, 9.17) is 11.6 Å². The maximum absolute atomic E-state index is 6.16. The van der Waals surface area contributed by atoms with Gasteiger partial charge in [-0.3, -0.25) is 0 Å². The molecule has 0 aliphatic carbocycles. The van der Waals surface area contributed by atoms with Gasteiger partial charge in [0.05, 0.1) is 6.33 Å². The van der Waals surface area contributed by atoms with Crippen LogP contribution in [0.25, 0.3) is 11.2 Å². The third kappa shape index (κ3) is 2.62. The van der Waals surface area contributed by atoms with E-state index in [9.17, 15) is 0 Å². The molecule has 0 spiro atoms. The maximum Gasteiger partial charge on any atom is 0.191 e. The Morgan fingerprint density at radius 2 is 2.17 bits per heavy atom. The highest BCUT2D eigenvalue weighted by Crippen LogP contribution is 2.26. The average molecular weight is 285 g/mol. The molecule has 0 aliphatic heterocycles. The Kier molecular flexibility index (Phi) is 4.45. The Labute approximate surface area is 116 Å². The number of imidazole rings is 1. The van der Waals surface area contributed by atoms with Crippen LogP contribution in [0.2, 0.25) is 5.15 Å². The lowest BCUT2D eigenvalue weighted by molar-refractivity contribution is 0.540. The minimum absolute atomic E-state index is 0.366. The number of aromatic nitrogens is 4. The van der Waals surface area contributed by atoms with E-state index in [0.29, 0.717) is 16.7 Å². The Balaban J connectivity index is 2.46. The van der Waals surface area contributed by atoms with Crippen LogP contribution in [0.5, 0.6) is 0 Å². The molecule has 18 heavy (non-hydrogen) atoms. The smallest absolute Gasteiger partial charge is 0.191 e. The highest BCUT2D eigenvalue weighted by molar-refractivity contribution is 7.99. The summed E-state index contributed by atoms with van der Waals surface area (Å²) in [6.07, 6.45) is 3.92. The predicted octanol–water partition coefficient (Wildman–Crippen LogP) is 3.95. The molecular formula is C12H17ClN4S. The number of rotatable bonds is 5. The highest BCUT2D eigenvalue weighted by Gasteiger charge is 2.14. The molecule has 0 saturated carbocycles. The fourth-order valence-corrected chi connectivity index (χ4v) is 2.60. The van der Waals surface area contributed by atoms with Crippen LogP contribution in [0.3, 0.4) is 0 Å². The molecule has 0 aliphatic rings. The van der Waals surface area contributed by atoms with Gasteiger partial charge >= 0.3 is 0 Å². The molecule has 4 nitrogen and oxygen atoms in total. The molecule has 0 fully saturated rings. The average Bonchev–Trinajstić information content (AvgIpc) is 2.79. The van der Waals surface area contributed by atoms with Gasteiger partial charge in [0.15, 0.2) is 16.0 Å². The largest absolute Gasteiger partial charge is 0.312 e. The maximum atomic E-state index is 6.16. The Morgan fingerprint density at radius 3 is 2.83 bits per heavy atom. The molecule has 98 valence electrons. The van der Waals surface area contributed by atoms with Crippen LogP contribution in [0.15, 0.2) is 11.5 Å². The first kappa shape index (κ1) is 13.6. The summed E-state index contributed by atoms with van der Waals surface area (Å²) < 4.78 is 2.07. The van der Waals surface area contributed by atoms with Crippen LogP contribution in [0, 0.1) is 0 Å². The first-order valence-corrected chi connectivity index (χ1v) is 7.56. The van der Waals surface area contributed by atoms with Gasteiger partial charge in [0, 0.05) is 11.8 Å². The predicted molar refractivity (Wildman–Crippen MR) is 76.4 cm³/mol. The molecule has 6 heteroatoms. The van der Waals surface area contributed by atoms with Gasteiger partial charge < -0.3 is 4.57 Å². The van der Waals surface area contributed by atoms with Crippen molar-refractivity contribution in [2.45, 2.75) is 44.8 Å². The molecule has 0 amide bonds. The van der Waals surface area contributed by atoms with E-state index in [0.717, 1.165) is 29.4 Å². The molecule has 0 aromatic carbocycles. The SMILES string of the molecule is CCCSc1nc(Cl)c2ncn(C(C)CC)c2n1. The molecule has 2 rings (SSSR count). The minimum atomic E-state index is 0.366. The summed E-state index contributed by atoms with van der Waals surface area (Å²) in [5, 5.41) is 1.18. The van der Waals surface area contributed by atoms with Crippen molar-refractivity contribution >= 4 is 34.5 Å². The van der Waals surface area contributed by atoms with Crippen LogP contribution in [-0.4, -0.2) is 25.3 Å². The van der Waals surface area contributed by atoms with Gasteiger partial charge in [-0.15, -0.1) is 0 Å². The molecule has 2 heterocycles. The second-order valence-corrected chi connectivity index (χ2v) is 5.65. The molecule has 0 bridgehead atoms. The molecule has 0 radical (unpaired) electrons. The van der Waals surface area contributed by atoms with Crippen LogP contribution < -0.4 is 0 Å². The number of thioether (sulfide) groups is 1. The van der Waals surface area contributed by atoms with Gasteiger partial charge in [-0.25, -0.2) is 15.0 Å². The summed E-state index contributed by atoms with van der Waals surface area (Å²) in [4.78, 5) is 13.2. The van der Waals surface area contributed by atoms with Crippen molar-refractivity contribution in [1.29, 1.82) is 0 Å². The minimum Gasteiger partial charge on any atom is -0.312 e. The van der Waals surface area contributed by atoms with Crippen LogP contribution in [0.1, 0.15) is 39.7 Å². The zero-order chi connectivity index (χ0) is 13.1. The monoisotopic (exact) mass is 284 g/mol. The first-order valence-electron chi connectivity index (χ1n) is 6.20. The highest BCUT2D eigenvalue weighted by atomic mass is 35.5.